The lowest BCUT2D eigenvalue weighted by Crippen LogP contribution is -2.24. The molecule has 0 unspecified atom stereocenters. The summed E-state index contributed by atoms with van der Waals surface area (Å²) >= 11 is 0. The predicted molar refractivity (Wildman–Crippen MR) is 92.5 cm³/mol. The topological polar surface area (TPSA) is 29.5 Å². The van der Waals surface area contributed by atoms with Crippen molar-refractivity contribution < 1.29 is 18.3 Å². The first-order valence-electron chi connectivity index (χ1n) is 8.27. The Morgan fingerprint density at radius 1 is 1.08 bits per heavy atom. The molecule has 131 valence electrons. The second-order valence-electron chi connectivity index (χ2n) is 6.20. The van der Waals surface area contributed by atoms with Crippen LogP contribution in [-0.4, -0.2) is 25.0 Å². The third-order valence-corrected chi connectivity index (χ3v) is 4.20. The summed E-state index contributed by atoms with van der Waals surface area (Å²) in [5.41, 5.74) is 2.66. The number of hydrogen-bond donors (Lipinski definition) is 0. The zero-order chi connectivity index (χ0) is 17.7. The number of hydrogen-bond acceptors (Lipinski definition) is 3. The van der Waals surface area contributed by atoms with Crippen LogP contribution in [0.5, 0.6) is 0 Å². The second-order valence-corrected chi connectivity index (χ2v) is 6.20. The van der Waals surface area contributed by atoms with Crippen LogP contribution in [0.3, 0.4) is 0 Å². The lowest BCUT2D eigenvalue weighted by molar-refractivity contribution is -0.140. The van der Waals surface area contributed by atoms with Gasteiger partial charge in [-0.25, -0.2) is 8.78 Å². The van der Waals surface area contributed by atoms with Crippen LogP contribution in [0.1, 0.15) is 17.5 Å². The maximum atomic E-state index is 13.3. The van der Waals surface area contributed by atoms with E-state index in [2.05, 4.69) is 0 Å². The van der Waals surface area contributed by atoms with Crippen molar-refractivity contribution >= 4 is 11.7 Å². The van der Waals surface area contributed by atoms with Gasteiger partial charge in [0, 0.05) is 18.7 Å². The molecule has 0 spiro atoms. The van der Waals surface area contributed by atoms with E-state index in [4.69, 9.17) is 4.74 Å². The molecule has 0 aliphatic carbocycles. The van der Waals surface area contributed by atoms with Gasteiger partial charge < -0.3 is 9.64 Å². The monoisotopic (exact) mass is 344 g/mol. The number of alkyl halides is 2. The highest BCUT2D eigenvalue weighted by Gasteiger charge is 2.38. The summed E-state index contributed by atoms with van der Waals surface area (Å²) in [6.45, 7) is 0.382. The Hall–Kier alpha value is -2.43. The maximum Gasteiger partial charge on any atom is 0.310 e. The average molecular weight is 344 g/mol. The molecular formula is C20H20F2NO2. The Morgan fingerprint density at radius 2 is 1.80 bits per heavy atom. The van der Waals surface area contributed by atoms with Crippen LogP contribution in [0.15, 0.2) is 54.6 Å². The van der Waals surface area contributed by atoms with E-state index < -0.39 is 5.92 Å². The van der Waals surface area contributed by atoms with Gasteiger partial charge in [0.05, 0.1) is 13.0 Å². The maximum absolute atomic E-state index is 13.3. The zero-order valence-corrected chi connectivity index (χ0v) is 13.8. The number of benzene rings is 2. The summed E-state index contributed by atoms with van der Waals surface area (Å²) in [7, 11) is 0. The molecule has 25 heavy (non-hydrogen) atoms. The molecule has 1 heterocycles. The van der Waals surface area contributed by atoms with E-state index in [1.165, 1.54) is 6.42 Å². The molecule has 0 saturated carbocycles. The number of anilines is 1. The van der Waals surface area contributed by atoms with Crippen molar-refractivity contribution in [1.29, 1.82) is 0 Å². The Morgan fingerprint density at radius 3 is 2.44 bits per heavy atom. The number of ether oxygens (including phenoxy) is 1. The minimum absolute atomic E-state index is 0.101. The van der Waals surface area contributed by atoms with Gasteiger partial charge in [0.2, 0.25) is 0 Å². The van der Waals surface area contributed by atoms with E-state index in [0.717, 1.165) is 16.8 Å². The highest BCUT2D eigenvalue weighted by atomic mass is 19.3. The van der Waals surface area contributed by atoms with Gasteiger partial charge in [-0.1, -0.05) is 42.5 Å². The number of esters is 1. The SMILES string of the molecule is O=C([CH]Cc1ccc(N2CCC(F)(F)C2)cc1)OCc1ccccc1. The second kappa shape index (κ2) is 7.64. The van der Waals surface area contributed by atoms with Crippen molar-refractivity contribution in [3.63, 3.8) is 0 Å². The van der Waals surface area contributed by atoms with E-state index in [0.29, 0.717) is 13.0 Å². The Bertz CT molecular complexity index is 701. The molecule has 5 heteroatoms. The Labute approximate surface area is 146 Å². The minimum atomic E-state index is -2.60. The Kier molecular flexibility index (Phi) is 5.31. The standard InChI is InChI=1S/C20H20F2NO2/c21-20(22)12-13-23(15-20)18-9-6-16(7-10-18)8-11-19(24)25-14-17-4-2-1-3-5-17/h1-7,9-11H,8,12-15H2. The summed E-state index contributed by atoms with van der Waals surface area (Å²) in [5.74, 6) is -2.97. The smallest absolute Gasteiger partial charge is 0.310 e. The summed E-state index contributed by atoms with van der Waals surface area (Å²) in [6, 6.07) is 16.8. The fraction of sp³-hybridized carbons (Fsp3) is 0.300. The molecule has 1 radical (unpaired) electrons. The van der Waals surface area contributed by atoms with Crippen LogP contribution in [0.2, 0.25) is 0 Å². The largest absolute Gasteiger partial charge is 0.461 e. The van der Waals surface area contributed by atoms with Crippen LogP contribution in [-0.2, 0) is 22.6 Å². The number of carbonyl (C=O) groups is 1. The molecule has 1 aliphatic rings. The quantitative estimate of drug-likeness (QED) is 0.741. The van der Waals surface area contributed by atoms with Gasteiger partial charge in [-0.3, -0.25) is 4.79 Å². The minimum Gasteiger partial charge on any atom is -0.461 e. The molecule has 1 aliphatic heterocycles. The molecule has 1 fully saturated rings. The first-order chi connectivity index (χ1) is 12.0. The van der Waals surface area contributed by atoms with Crippen molar-refractivity contribution in [2.24, 2.45) is 0 Å². The average Bonchev–Trinajstić information content (AvgIpc) is 2.99. The lowest BCUT2D eigenvalue weighted by Gasteiger charge is -2.18. The van der Waals surface area contributed by atoms with Crippen molar-refractivity contribution in [1.82, 2.24) is 0 Å². The fourth-order valence-electron chi connectivity index (χ4n) is 2.79. The van der Waals surface area contributed by atoms with E-state index in [1.54, 1.807) is 4.90 Å². The summed E-state index contributed by atoms with van der Waals surface area (Å²) in [6.07, 6.45) is 1.84. The highest BCUT2D eigenvalue weighted by Crippen LogP contribution is 2.30. The zero-order valence-electron chi connectivity index (χ0n) is 13.8. The van der Waals surface area contributed by atoms with E-state index in [1.807, 2.05) is 54.6 Å². The third kappa shape index (κ3) is 5.02. The van der Waals surface area contributed by atoms with Crippen LogP contribution in [0.25, 0.3) is 0 Å². The van der Waals surface area contributed by atoms with Gasteiger partial charge in [-0.2, -0.15) is 0 Å². The first-order valence-corrected chi connectivity index (χ1v) is 8.27. The van der Waals surface area contributed by atoms with Gasteiger partial charge in [-0.15, -0.1) is 0 Å². The number of halogens is 2. The van der Waals surface area contributed by atoms with Crippen molar-refractivity contribution in [2.45, 2.75) is 25.4 Å². The molecule has 2 aromatic rings. The van der Waals surface area contributed by atoms with Crippen LogP contribution in [0.4, 0.5) is 14.5 Å². The number of nitrogens with zero attached hydrogens (tertiary/aromatic N) is 1. The normalized spacial score (nSPS) is 16.0. The number of carbonyl (C=O) groups excluding carboxylic acids is 1. The van der Waals surface area contributed by atoms with Gasteiger partial charge >= 0.3 is 5.97 Å². The molecule has 3 rings (SSSR count). The Balaban J connectivity index is 1.45. The van der Waals surface area contributed by atoms with Gasteiger partial charge in [-0.05, 0) is 29.7 Å². The van der Waals surface area contributed by atoms with Gasteiger partial charge in [0.1, 0.15) is 6.61 Å². The molecule has 3 nitrogen and oxygen atoms in total. The molecular weight excluding hydrogens is 324 g/mol. The first kappa shape index (κ1) is 17.4. The molecule has 0 aromatic heterocycles. The van der Waals surface area contributed by atoms with E-state index in [9.17, 15) is 13.6 Å². The molecule has 0 amide bonds. The molecule has 1 saturated heterocycles. The van der Waals surface area contributed by atoms with Gasteiger partial charge in [0.15, 0.2) is 0 Å². The highest BCUT2D eigenvalue weighted by molar-refractivity contribution is 5.79. The molecule has 2 aromatic carbocycles. The fourth-order valence-corrected chi connectivity index (χ4v) is 2.79. The number of rotatable bonds is 6. The lowest BCUT2D eigenvalue weighted by atomic mass is 10.1. The molecule has 0 atom stereocenters. The van der Waals surface area contributed by atoms with Crippen molar-refractivity contribution in [3.8, 4) is 0 Å². The summed E-state index contributed by atoms with van der Waals surface area (Å²) < 4.78 is 31.7. The molecule has 0 N–H and O–H groups in total. The summed E-state index contributed by atoms with van der Waals surface area (Å²) in [4.78, 5) is 13.5. The van der Waals surface area contributed by atoms with E-state index in [-0.39, 0.29) is 25.5 Å². The molecule has 0 bridgehead atoms. The van der Waals surface area contributed by atoms with Crippen molar-refractivity contribution in [2.75, 3.05) is 18.0 Å². The van der Waals surface area contributed by atoms with E-state index >= 15 is 0 Å². The van der Waals surface area contributed by atoms with Crippen LogP contribution in [0, 0.1) is 6.42 Å². The van der Waals surface area contributed by atoms with Crippen LogP contribution >= 0.6 is 0 Å². The van der Waals surface area contributed by atoms with Crippen LogP contribution < -0.4 is 4.90 Å². The predicted octanol–water partition coefficient (Wildman–Crippen LogP) is 4.02. The third-order valence-electron chi connectivity index (χ3n) is 4.20. The van der Waals surface area contributed by atoms with Crippen molar-refractivity contribution in [3.05, 3.63) is 72.1 Å². The van der Waals surface area contributed by atoms with Gasteiger partial charge in [0.25, 0.3) is 5.92 Å². The summed E-state index contributed by atoms with van der Waals surface area (Å²) in [5, 5.41) is 0.